The van der Waals surface area contributed by atoms with Gasteiger partial charge in [0.1, 0.15) is 11.2 Å². The van der Waals surface area contributed by atoms with Crippen LogP contribution in [0.25, 0.3) is 0 Å². The molecule has 3 amide bonds. The van der Waals surface area contributed by atoms with Gasteiger partial charge in [0.2, 0.25) is 11.8 Å². The number of carbonyl (C=O) groups is 4. The number of fused-ring (bicyclic) bond motifs is 1. The molecule has 2 aromatic carbocycles. The third-order valence-electron chi connectivity index (χ3n) is 7.21. The lowest BCUT2D eigenvalue weighted by Gasteiger charge is -2.35. The van der Waals surface area contributed by atoms with Gasteiger partial charge in [-0.2, -0.15) is 13.2 Å². The Bertz CT molecular complexity index is 1600. The van der Waals surface area contributed by atoms with Gasteiger partial charge in [-0.05, 0) is 35.4 Å². The number of hydrogen-bond acceptors (Lipinski definition) is 6. The molecule has 0 saturated heterocycles. The van der Waals surface area contributed by atoms with Crippen LogP contribution < -0.4 is 10.2 Å². The Kier molecular flexibility index (Phi) is 10.2. The van der Waals surface area contributed by atoms with Crippen molar-refractivity contribution in [1.29, 1.82) is 0 Å². The summed E-state index contributed by atoms with van der Waals surface area (Å²) >= 11 is 6.05. The maximum absolute atomic E-state index is 14.4. The molecule has 1 aliphatic rings. The Morgan fingerprint density at radius 1 is 1.07 bits per heavy atom. The number of alkyl halides is 3. The number of nitrogens with one attached hydrogen (secondary N) is 1. The van der Waals surface area contributed by atoms with Gasteiger partial charge in [0.25, 0.3) is 5.91 Å². The number of esters is 1. The summed E-state index contributed by atoms with van der Waals surface area (Å²) in [6.07, 6.45) is -3.82. The van der Waals surface area contributed by atoms with Gasteiger partial charge in [0, 0.05) is 49.4 Å². The SMILES string of the molecule is CC(=O)OCC(C)(C)CN1C(=O)C(CC(=O)NCc2ccccc2C(F)(F)F)N(C(=O)c2ccnc(Cl)c2)Cc2ccccc21. The van der Waals surface area contributed by atoms with E-state index in [9.17, 15) is 32.3 Å². The molecule has 13 heteroatoms. The fourth-order valence-electron chi connectivity index (χ4n) is 5.07. The van der Waals surface area contributed by atoms with Gasteiger partial charge in [-0.25, -0.2) is 4.98 Å². The number of para-hydroxylation sites is 1. The van der Waals surface area contributed by atoms with Crippen molar-refractivity contribution in [3.05, 3.63) is 94.3 Å². The molecule has 0 fully saturated rings. The normalized spacial score (nSPS) is 15.3. The van der Waals surface area contributed by atoms with E-state index in [1.54, 1.807) is 38.1 Å². The zero-order valence-electron chi connectivity index (χ0n) is 24.9. The van der Waals surface area contributed by atoms with E-state index in [-0.39, 0.29) is 36.0 Å². The minimum atomic E-state index is -4.63. The number of pyridine rings is 1. The van der Waals surface area contributed by atoms with Crippen LogP contribution in [0, 0.1) is 5.41 Å². The Labute approximate surface area is 263 Å². The number of nitrogens with zero attached hydrogens (tertiary/aromatic N) is 3. The number of benzene rings is 2. The van der Waals surface area contributed by atoms with Crippen molar-refractivity contribution in [3.8, 4) is 0 Å². The van der Waals surface area contributed by atoms with E-state index in [4.69, 9.17) is 16.3 Å². The van der Waals surface area contributed by atoms with Crippen LogP contribution in [0.15, 0.2) is 66.9 Å². The first-order chi connectivity index (χ1) is 21.2. The van der Waals surface area contributed by atoms with Gasteiger partial charge in [-0.15, -0.1) is 0 Å². The number of aromatic nitrogens is 1. The molecule has 3 aromatic rings. The molecule has 0 spiro atoms. The van der Waals surface area contributed by atoms with E-state index in [0.717, 1.165) is 6.07 Å². The summed E-state index contributed by atoms with van der Waals surface area (Å²) in [7, 11) is 0. The molecule has 1 aromatic heterocycles. The summed E-state index contributed by atoms with van der Waals surface area (Å²) in [5, 5.41) is 2.54. The Morgan fingerprint density at radius 2 is 1.76 bits per heavy atom. The molecule has 0 saturated carbocycles. The summed E-state index contributed by atoms with van der Waals surface area (Å²) in [6.45, 7) is 4.45. The van der Waals surface area contributed by atoms with Crippen molar-refractivity contribution < 1.29 is 37.1 Å². The lowest BCUT2D eigenvalue weighted by molar-refractivity contribution is -0.144. The van der Waals surface area contributed by atoms with Crippen LogP contribution in [0.2, 0.25) is 5.15 Å². The summed E-state index contributed by atoms with van der Waals surface area (Å²) in [6, 6.07) is 13.2. The highest BCUT2D eigenvalue weighted by molar-refractivity contribution is 6.29. The van der Waals surface area contributed by atoms with Crippen molar-refractivity contribution in [2.45, 2.75) is 52.5 Å². The topological polar surface area (TPSA) is 109 Å². The zero-order chi connectivity index (χ0) is 32.9. The van der Waals surface area contributed by atoms with Gasteiger partial charge in [-0.3, -0.25) is 19.2 Å². The smallest absolute Gasteiger partial charge is 0.416 e. The minimum absolute atomic E-state index is 0.00376. The lowest BCUT2D eigenvalue weighted by Crippen LogP contribution is -2.52. The van der Waals surface area contributed by atoms with E-state index in [1.165, 1.54) is 53.3 Å². The van der Waals surface area contributed by atoms with Crippen molar-refractivity contribution in [3.63, 3.8) is 0 Å². The summed E-state index contributed by atoms with van der Waals surface area (Å²) < 4.78 is 45.8. The zero-order valence-corrected chi connectivity index (χ0v) is 25.6. The van der Waals surface area contributed by atoms with Crippen molar-refractivity contribution in [1.82, 2.24) is 15.2 Å². The maximum atomic E-state index is 14.4. The first-order valence-electron chi connectivity index (χ1n) is 14.0. The second kappa shape index (κ2) is 13.7. The van der Waals surface area contributed by atoms with E-state index in [1.807, 2.05) is 0 Å². The molecule has 0 radical (unpaired) electrons. The molecule has 2 heterocycles. The number of amides is 3. The van der Waals surface area contributed by atoms with Gasteiger partial charge in [0.15, 0.2) is 0 Å². The Balaban J connectivity index is 1.70. The quantitative estimate of drug-likeness (QED) is 0.247. The molecule has 9 nitrogen and oxygen atoms in total. The first-order valence-corrected chi connectivity index (χ1v) is 14.4. The van der Waals surface area contributed by atoms with Gasteiger partial charge < -0.3 is 19.9 Å². The predicted octanol–water partition coefficient (Wildman–Crippen LogP) is 5.41. The van der Waals surface area contributed by atoms with Gasteiger partial charge >= 0.3 is 12.1 Å². The molecule has 1 atom stereocenters. The van der Waals surface area contributed by atoms with Crippen LogP contribution in [0.3, 0.4) is 0 Å². The molecule has 1 aliphatic heterocycles. The highest BCUT2D eigenvalue weighted by atomic mass is 35.5. The molecule has 1 N–H and O–H groups in total. The minimum Gasteiger partial charge on any atom is -0.465 e. The lowest BCUT2D eigenvalue weighted by atomic mass is 9.93. The fourth-order valence-corrected chi connectivity index (χ4v) is 5.25. The average molecular weight is 645 g/mol. The number of halogens is 4. The predicted molar refractivity (Wildman–Crippen MR) is 160 cm³/mol. The molecule has 0 bridgehead atoms. The number of carbonyl (C=O) groups excluding carboxylic acids is 4. The van der Waals surface area contributed by atoms with Crippen molar-refractivity contribution in [2.75, 3.05) is 18.1 Å². The molecule has 4 rings (SSSR count). The third-order valence-corrected chi connectivity index (χ3v) is 7.42. The van der Waals surface area contributed by atoms with Crippen LogP contribution in [0.4, 0.5) is 18.9 Å². The van der Waals surface area contributed by atoms with Crippen molar-refractivity contribution >= 4 is 41.0 Å². The second-order valence-corrected chi connectivity index (χ2v) is 11.8. The van der Waals surface area contributed by atoms with Crippen LogP contribution >= 0.6 is 11.6 Å². The number of rotatable bonds is 9. The van der Waals surface area contributed by atoms with E-state index in [0.29, 0.717) is 11.3 Å². The molecular formula is C32H32ClF3N4O5. The molecule has 45 heavy (non-hydrogen) atoms. The average Bonchev–Trinajstić information content (AvgIpc) is 3.09. The highest BCUT2D eigenvalue weighted by Crippen LogP contribution is 2.34. The van der Waals surface area contributed by atoms with Gasteiger partial charge in [-0.1, -0.05) is 61.8 Å². The number of anilines is 1. The van der Waals surface area contributed by atoms with E-state index >= 15 is 0 Å². The van der Waals surface area contributed by atoms with E-state index in [2.05, 4.69) is 10.3 Å². The first kappa shape index (κ1) is 33.4. The molecule has 0 aliphatic carbocycles. The summed E-state index contributed by atoms with van der Waals surface area (Å²) in [5.41, 5.74) is -0.519. The monoisotopic (exact) mass is 644 g/mol. The Hall–Kier alpha value is -4.45. The van der Waals surface area contributed by atoms with Crippen LogP contribution in [-0.2, 0) is 38.4 Å². The highest BCUT2D eigenvalue weighted by Gasteiger charge is 2.41. The summed E-state index contributed by atoms with van der Waals surface area (Å²) in [5.74, 6) is -2.40. The largest absolute Gasteiger partial charge is 0.465 e. The van der Waals surface area contributed by atoms with Crippen LogP contribution in [0.1, 0.15) is 54.2 Å². The van der Waals surface area contributed by atoms with Crippen LogP contribution in [0.5, 0.6) is 0 Å². The summed E-state index contributed by atoms with van der Waals surface area (Å²) in [4.78, 5) is 59.8. The number of hydrogen-bond donors (Lipinski definition) is 1. The second-order valence-electron chi connectivity index (χ2n) is 11.4. The van der Waals surface area contributed by atoms with Crippen LogP contribution in [-0.4, -0.2) is 52.8 Å². The number of ether oxygens (including phenoxy) is 1. The Morgan fingerprint density at radius 3 is 2.44 bits per heavy atom. The molecule has 238 valence electrons. The third kappa shape index (κ3) is 8.39. The van der Waals surface area contributed by atoms with E-state index < -0.39 is 59.9 Å². The molecule has 1 unspecified atom stereocenters. The standard InChI is InChI=1S/C32H32ClF3N4O5/c1-20(41)45-19-31(2,3)18-40-25-11-7-5-9-23(25)17-39(29(43)21-12-13-37-27(33)14-21)26(30(40)44)15-28(42)38-16-22-8-4-6-10-24(22)32(34,35)36/h4-14,26H,15-19H2,1-3H3,(H,38,42). The maximum Gasteiger partial charge on any atom is 0.416 e. The molecular weight excluding hydrogens is 613 g/mol. The van der Waals surface area contributed by atoms with Crippen molar-refractivity contribution in [2.24, 2.45) is 5.41 Å². The fraction of sp³-hybridized carbons (Fsp3) is 0.344. The van der Waals surface area contributed by atoms with Gasteiger partial charge in [0.05, 0.1) is 18.6 Å².